The van der Waals surface area contributed by atoms with Gasteiger partial charge in [0, 0.05) is 79.9 Å². The standard InChI is InChI=1S/C39H40FN5O2/c1-42-18-20-44(21-19-42)32-14-16-43(17-15-32)31-11-8-26(9-12-31)27-6-7-29-25-45(39(47)33(29)22-27)38(34-24-30(40)10-13-37(34)46)36-23-28-4-2-3-5-35(28)41-36/h2-13,22-24,32,38,41,46H,14-21,25H2,1H3/t38-/m1/s1. The molecule has 4 aromatic carbocycles. The molecule has 47 heavy (non-hydrogen) atoms. The third-order valence-corrected chi connectivity index (χ3v) is 10.5. The number of H-pyrrole nitrogens is 1. The number of aromatic nitrogens is 1. The molecule has 1 amide bonds. The molecule has 2 N–H and O–H groups in total. The lowest BCUT2D eigenvalue weighted by molar-refractivity contribution is 0.0726. The number of phenolic OH excluding ortho intramolecular Hbond substituents is 1. The highest BCUT2D eigenvalue weighted by atomic mass is 19.1. The van der Waals surface area contributed by atoms with Gasteiger partial charge in [0.25, 0.3) is 5.91 Å². The number of aromatic amines is 1. The smallest absolute Gasteiger partial charge is 0.255 e. The van der Waals surface area contributed by atoms with E-state index in [2.05, 4.69) is 57.1 Å². The minimum absolute atomic E-state index is 0.0526. The van der Waals surface area contributed by atoms with Crippen LogP contribution in [-0.4, -0.2) is 83.1 Å². The number of carbonyl (C=O) groups is 1. The molecule has 1 aromatic heterocycles. The number of likely N-dealkylation sites (N-methyl/N-ethyl adjacent to an activating group) is 1. The number of benzene rings is 4. The lowest BCUT2D eigenvalue weighted by atomic mass is 9.99. The van der Waals surface area contributed by atoms with Crippen molar-refractivity contribution < 1.29 is 14.3 Å². The molecule has 5 aromatic rings. The van der Waals surface area contributed by atoms with Gasteiger partial charge in [0.1, 0.15) is 17.6 Å². The van der Waals surface area contributed by atoms with Gasteiger partial charge >= 0.3 is 0 Å². The van der Waals surface area contributed by atoms with E-state index in [0.29, 0.717) is 23.7 Å². The minimum Gasteiger partial charge on any atom is -0.508 e. The number of halogens is 1. The van der Waals surface area contributed by atoms with Crippen molar-refractivity contribution in [2.24, 2.45) is 0 Å². The van der Waals surface area contributed by atoms with E-state index in [4.69, 9.17) is 0 Å². The van der Waals surface area contributed by atoms with Crippen LogP contribution in [0.1, 0.15) is 46.1 Å². The van der Waals surface area contributed by atoms with Crippen molar-refractivity contribution in [3.05, 3.63) is 119 Å². The molecule has 2 saturated heterocycles. The van der Waals surface area contributed by atoms with Gasteiger partial charge in [0.2, 0.25) is 0 Å². The third kappa shape index (κ3) is 5.66. The molecule has 240 valence electrons. The van der Waals surface area contributed by atoms with Crippen molar-refractivity contribution in [2.45, 2.75) is 31.5 Å². The highest BCUT2D eigenvalue weighted by Gasteiger charge is 2.37. The summed E-state index contributed by atoms with van der Waals surface area (Å²) >= 11 is 0. The molecule has 2 fully saturated rings. The van der Waals surface area contributed by atoms with Gasteiger partial charge in [-0.3, -0.25) is 9.69 Å². The number of piperidine rings is 1. The molecular weight excluding hydrogens is 589 g/mol. The Kier molecular flexibility index (Phi) is 7.70. The van der Waals surface area contributed by atoms with Crippen LogP contribution in [0.2, 0.25) is 0 Å². The van der Waals surface area contributed by atoms with Crippen molar-refractivity contribution in [3.8, 4) is 16.9 Å². The Bertz CT molecular complexity index is 1890. The molecule has 1 atom stereocenters. The summed E-state index contributed by atoms with van der Waals surface area (Å²) in [6.45, 7) is 7.16. The second kappa shape index (κ2) is 12.2. The average Bonchev–Trinajstić information content (AvgIpc) is 3.67. The van der Waals surface area contributed by atoms with E-state index in [1.807, 2.05) is 42.5 Å². The summed E-state index contributed by atoms with van der Waals surface area (Å²) in [5.74, 6) is -0.662. The first-order valence-electron chi connectivity index (χ1n) is 16.7. The summed E-state index contributed by atoms with van der Waals surface area (Å²) in [7, 11) is 2.21. The molecule has 3 aliphatic heterocycles. The van der Waals surface area contributed by atoms with Crippen molar-refractivity contribution in [1.29, 1.82) is 0 Å². The number of aromatic hydroxyl groups is 1. The van der Waals surface area contributed by atoms with Crippen LogP contribution in [-0.2, 0) is 6.54 Å². The SMILES string of the molecule is CN1CCN(C2CCN(c3ccc(-c4ccc5c(c4)C(=O)N([C@@H](c4cc6ccccc6[nH]4)c4cc(F)ccc4O)C5)cc3)CC2)CC1. The fraction of sp³-hybridized carbons (Fsp3) is 0.308. The molecule has 0 aliphatic carbocycles. The Morgan fingerprint density at radius 2 is 1.57 bits per heavy atom. The predicted molar refractivity (Wildman–Crippen MR) is 184 cm³/mol. The van der Waals surface area contributed by atoms with Crippen molar-refractivity contribution >= 4 is 22.5 Å². The molecule has 0 bridgehead atoms. The second-order valence-electron chi connectivity index (χ2n) is 13.3. The Morgan fingerprint density at radius 1 is 0.830 bits per heavy atom. The van der Waals surface area contributed by atoms with Gasteiger partial charge < -0.3 is 24.8 Å². The highest BCUT2D eigenvalue weighted by molar-refractivity contribution is 6.00. The van der Waals surface area contributed by atoms with E-state index >= 15 is 0 Å². The molecule has 0 saturated carbocycles. The summed E-state index contributed by atoms with van der Waals surface area (Å²) in [6.07, 6.45) is 2.39. The number of piperazine rings is 1. The second-order valence-corrected chi connectivity index (χ2v) is 13.3. The van der Waals surface area contributed by atoms with Crippen LogP contribution in [0.3, 0.4) is 0 Å². The maximum Gasteiger partial charge on any atom is 0.255 e. The van der Waals surface area contributed by atoms with E-state index in [1.54, 1.807) is 4.90 Å². The zero-order chi connectivity index (χ0) is 32.1. The summed E-state index contributed by atoms with van der Waals surface area (Å²) in [5.41, 5.74) is 6.81. The zero-order valence-electron chi connectivity index (χ0n) is 26.7. The maximum absolute atomic E-state index is 14.5. The Morgan fingerprint density at radius 3 is 2.34 bits per heavy atom. The van der Waals surface area contributed by atoms with Gasteiger partial charge in [0.15, 0.2) is 0 Å². The fourth-order valence-corrected chi connectivity index (χ4v) is 7.74. The molecule has 7 nitrogen and oxygen atoms in total. The van der Waals surface area contributed by atoms with Crippen molar-refractivity contribution in [2.75, 3.05) is 51.2 Å². The largest absolute Gasteiger partial charge is 0.508 e. The van der Waals surface area contributed by atoms with E-state index in [-0.39, 0.29) is 11.7 Å². The molecule has 8 rings (SSSR count). The monoisotopic (exact) mass is 629 g/mol. The minimum atomic E-state index is -0.693. The molecule has 8 heteroatoms. The van der Waals surface area contributed by atoms with Crippen LogP contribution < -0.4 is 4.90 Å². The Hall–Kier alpha value is -4.66. The Labute approximate surface area is 274 Å². The van der Waals surface area contributed by atoms with Crippen LogP contribution in [0, 0.1) is 5.82 Å². The first-order chi connectivity index (χ1) is 22.9. The molecule has 3 aliphatic rings. The third-order valence-electron chi connectivity index (χ3n) is 10.5. The Balaban J connectivity index is 1.02. The number of nitrogens with one attached hydrogen (secondary N) is 1. The molecule has 0 spiro atoms. The van der Waals surface area contributed by atoms with Crippen LogP contribution >= 0.6 is 0 Å². The van der Waals surface area contributed by atoms with Gasteiger partial charge in [0.05, 0.1) is 0 Å². The molecular formula is C39H40FN5O2. The van der Waals surface area contributed by atoms with Crippen LogP contribution in [0.25, 0.3) is 22.0 Å². The topological polar surface area (TPSA) is 66.0 Å². The number of carbonyl (C=O) groups excluding carboxylic acids is 1. The number of nitrogens with zero attached hydrogens (tertiary/aromatic N) is 4. The van der Waals surface area contributed by atoms with E-state index in [0.717, 1.165) is 59.5 Å². The van der Waals surface area contributed by atoms with Crippen LogP contribution in [0.15, 0.2) is 91.0 Å². The van der Waals surface area contributed by atoms with Crippen molar-refractivity contribution in [3.63, 3.8) is 0 Å². The van der Waals surface area contributed by atoms with E-state index < -0.39 is 11.9 Å². The number of rotatable bonds is 6. The summed E-state index contributed by atoms with van der Waals surface area (Å²) in [6, 6.07) is 28.5. The van der Waals surface area contributed by atoms with Crippen molar-refractivity contribution in [1.82, 2.24) is 19.7 Å². The van der Waals surface area contributed by atoms with Gasteiger partial charge in [-0.15, -0.1) is 0 Å². The molecule has 4 heterocycles. The lowest BCUT2D eigenvalue weighted by Gasteiger charge is -2.42. The van der Waals surface area contributed by atoms with Crippen LogP contribution in [0.4, 0.5) is 10.1 Å². The predicted octanol–water partition coefficient (Wildman–Crippen LogP) is 6.64. The molecule has 0 radical (unpaired) electrons. The van der Waals surface area contributed by atoms with E-state index in [1.165, 1.54) is 49.8 Å². The number of amides is 1. The average molecular weight is 630 g/mol. The number of para-hydroxylation sites is 1. The number of hydrogen-bond acceptors (Lipinski definition) is 5. The fourth-order valence-electron chi connectivity index (χ4n) is 7.74. The van der Waals surface area contributed by atoms with Gasteiger partial charge in [-0.1, -0.05) is 42.5 Å². The van der Waals surface area contributed by atoms with Crippen LogP contribution in [0.5, 0.6) is 5.75 Å². The molecule has 0 unspecified atom stereocenters. The first kappa shape index (κ1) is 29.7. The number of phenols is 1. The number of fused-ring (bicyclic) bond motifs is 2. The van der Waals surface area contributed by atoms with Gasteiger partial charge in [-0.05, 0) is 90.5 Å². The van der Waals surface area contributed by atoms with Gasteiger partial charge in [-0.2, -0.15) is 0 Å². The first-order valence-corrected chi connectivity index (χ1v) is 16.7. The highest BCUT2D eigenvalue weighted by Crippen LogP contribution is 2.41. The normalized spacial score (nSPS) is 18.6. The zero-order valence-corrected chi connectivity index (χ0v) is 26.7. The van der Waals surface area contributed by atoms with Gasteiger partial charge in [-0.25, -0.2) is 4.39 Å². The summed E-state index contributed by atoms with van der Waals surface area (Å²) in [5, 5.41) is 11.9. The number of hydrogen-bond donors (Lipinski definition) is 2. The quantitative estimate of drug-likeness (QED) is 0.221. The summed E-state index contributed by atoms with van der Waals surface area (Å²) < 4.78 is 14.5. The lowest BCUT2D eigenvalue weighted by Crippen LogP contribution is -2.52. The summed E-state index contributed by atoms with van der Waals surface area (Å²) in [4.78, 5) is 26.9. The number of anilines is 1. The maximum atomic E-state index is 14.5. The van der Waals surface area contributed by atoms with E-state index in [9.17, 15) is 14.3 Å².